The lowest BCUT2D eigenvalue weighted by Gasteiger charge is -2.03. The largest absolute Gasteiger partial charge is 0.494 e. The van der Waals surface area contributed by atoms with Gasteiger partial charge in [-0.1, -0.05) is 0 Å². The smallest absolute Gasteiger partial charge is 0.340 e. The van der Waals surface area contributed by atoms with Crippen LogP contribution >= 0.6 is 0 Å². The molecule has 1 aromatic carbocycles. The van der Waals surface area contributed by atoms with Crippen molar-refractivity contribution in [1.82, 2.24) is 0 Å². The number of rotatable bonds is 3. The van der Waals surface area contributed by atoms with Gasteiger partial charge in [0.2, 0.25) is 11.6 Å². The molecule has 0 bridgehead atoms. The van der Waals surface area contributed by atoms with Crippen LogP contribution in [-0.2, 0) is 0 Å². The van der Waals surface area contributed by atoms with Crippen LogP contribution in [0.4, 0.5) is 14.5 Å². The molecule has 0 amide bonds. The highest BCUT2D eigenvalue weighted by molar-refractivity contribution is 5.39. The number of nitrogens with zero attached hydrogens (tertiary/aromatic N) is 1. The van der Waals surface area contributed by atoms with Gasteiger partial charge in [0.25, 0.3) is 0 Å². The number of halogens is 2. The molecule has 14 heavy (non-hydrogen) atoms. The molecule has 0 saturated carbocycles. The maximum atomic E-state index is 12.9. The van der Waals surface area contributed by atoms with Gasteiger partial charge in [-0.25, -0.2) is 0 Å². The molecule has 0 heterocycles. The molecule has 0 aliphatic carbocycles. The van der Waals surface area contributed by atoms with Crippen LogP contribution in [0.2, 0.25) is 0 Å². The van der Waals surface area contributed by atoms with E-state index >= 15 is 0 Å². The van der Waals surface area contributed by atoms with Crippen molar-refractivity contribution in [3.05, 3.63) is 33.9 Å². The summed E-state index contributed by atoms with van der Waals surface area (Å²) in [5.41, 5.74) is -1.16. The highest BCUT2D eigenvalue weighted by Crippen LogP contribution is 2.26. The van der Waals surface area contributed by atoms with Gasteiger partial charge in [0.15, 0.2) is 0 Å². The van der Waals surface area contributed by atoms with Gasteiger partial charge < -0.3 is 4.74 Å². The van der Waals surface area contributed by atoms with Crippen molar-refractivity contribution in [2.75, 3.05) is 6.61 Å². The molecule has 0 aromatic heterocycles. The first-order valence-corrected chi connectivity index (χ1v) is 3.82. The Kier molecular flexibility index (Phi) is 2.95. The third-order valence-electron chi connectivity index (χ3n) is 1.48. The summed E-state index contributed by atoms with van der Waals surface area (Å²) in [5, 5.41) is 10.2. The SMILES string of the molecule is CCOc1cc(F)c([N+](=O)[O-])c(F)c1. The average molecular weight is 203 g/mol. The molecule has 0 N–H and O–H groups in total. The topological polar surface area (TPSA) is 52.4 Å². The molecular weight excluding hydrogens is 196 g/mol. The van der Waals surface area contributed by atoms with E-state index in [4.69, 9.17) is 4.74 Å². The zero-order chi connectivity index (χ0) is 10.7. The Bertz CT molecular complexity index is 345. The zero-order valence-corrected chi connectivity index (χ0v) is 7.29. The minimum Gasteiger partial charge on any atom is -0.494 e. The van der Waals surface area contributed by atoms with Crippen LogP contribution in [0.5, 0.6) is 5.75 Å². The number of nitro groups is 1. The van der Waals surface area contributed by atoms with Gasteiger partial charge in [0, 0.05) is 12.1 Å². The lowest BCUT2D eigenvalue weighted by molar-refractivity contribution is -0.390. The summed E-state index contributed by atoms with van der Waals surface area (Å²) >= 11 is 0. The van der Waals surface area contributed by atoms with Crippen molar-refractivity contribution in [2.24, 2.45) is 0 Å². The predicted octanol–water partition coefficient (Wildman–Crippen LogP) is 2.27. The Morgan fingerprint density at radius 2 is 1.93 bits per heavy atom. The van der Waals surface area contributed by atoms with Crippen LogP contribution in [0.25, 0.3) is 0 Å². The second kappa shape index (κ2) is 3.99. The Morgan fingerprint density at radius 3 is 2.29 bits per heavy atom. The van der Waals surface area contributed by atoms with E-state index in [-0.39, 0.29) is 12.4 Å². The average Bonchev–Trinajstić information content (AvgIpc) is 2.01. The van der Waals surface area contributed by atoms with Crippen LogP contribution in [-0.4, -0.2) is 11.5 Å². The molecule has 0 atom stereocenters. The number of hydrogen-bond acceptors (Lipinski definition) is 3. The van der Waals surface area contributed by atoms with E-state index in [9.17, 15) is 18.9 Å². The Morgan fingerprint density at radius 1 is 1.43 bits per heavy atom. The molecule has 6 heteroatoms. The molecular formula is C8H7F2NO3. The van der Waals surface area contributed by atoms with E-state index in [1.165, 1.54) is 0 Å². The van der Waals surface area contributed by atoms with E-state index in [0.29, 0.717) is 0 Å². The fourth-order valence-electron chi connectivity index (χ4n) is 0.967. The van der Waals surface area contributed by atoms with Gasteiger partial charge >= 0.3 is 5.69 Å². The van der Waals surface area contributed by atoms with Gasteiger partial charge in [-0.05, 0) is 6.92 Å². The maximum absolute atomic E-state index is 12.9. The second-order valence-electron chi connectivity index (χ2n) is 2.43. The predicted molar refractivity (Wildman–Crippen MR) is 44.2 cm³/mol. The highest BCUT2D eigenvalue weighted by Gasteiger charge is 2.22. The quantitative estimate of drug-likeness (QED) is 0.559. The van der Waals surface area contributed by atoms with Crippen LogP contribution in [0.3, 0.4) is 0 Å². The third-order valence-corrected chi connectivity index (χ3v) is 1.48. The zero-order valence-electron chi connectivity index (χ0n) is 7.29. The van der Waals surface area contributed by atoms with Crippen molar-refractivity contribution in [3.8, 4) is 5.75 Å². The van der Waals surface area contributed by atoms with Crippen molar-refractivity contribution >= 4 is 5.69 Å². The summed E-state index contributed by atoms with van der Waals surface area (Å²) in [5.74, 6) is -2.54. The van der Waals surface area contributed by atoms with Gasteiger partial charge in [0.1, 0.15) is 5.75 Å². The van der Waals surface area contributed by atoms with Crippen molar-refractivity contribution in [2.45, 2.75) is 6.92 Å². The van der Waals surface area contributed by atoms with Crippen LogP contribution in [0.15, 0.2) is 12.1 Å². The third kappa shape index (κ3) is 1.95. The van der Waals surface area contributed by atoms with Crippen molar-refractivity contribution in [1.29, 1.82) is 0 Å². The normalized spacial score (nSPS) is 9.93. The lowest BCUT2D eigenvalue weighted by Crippen LogP contribution is -1.99. The molecule has 0 saturated heterocycles. The molecule has 76 valence electrons. The summed E-state index contributed by atoms with van der Waals surface area (Å²) in [6.45, 7) is 1.87. The number of hydrogen-bond donors (Lipinski definition) is 0. The summed E-state index contributed by atoms with van der Waals surface area (Å²) in [6.07, 6.45) is 0. The molecule has 0 aliphatic heterocycles. The Hall–Kier alpha value is -1.72. The van der Waals surface area contributed by atoms with E-state index in [2.05, 4.69) is 0 Å². The van der Waals surface area contributed by atoms with Crippen molar-refractivity contribution < 1.29 is 18.4 Å². The minimum absolute atomic E-state index is 0.0619. The van der Waals surface area contributed by atoms with Gasteiger partial charge in [-0.2, -0.15) is 8.78 Å². The molecule has 1 rings (SSSR count). The molecule has 4 nitrogen and oxygen atoms in total. The van der Waals surface area contributed by atoms with E-state index in [0.717, 1.165) is 12.1 Å². The monoisotopic (exact) mass is 203 g/mol. The first-order valence-electron chi connectivity index (χ1n) is 3.82. The fourth-order valence-corrected chi connectivity index (χ4v) is 0.967. The summed E-state index contributed by atoms with van der Waals surface area (Å²) in [4.78, 5) is 9.09. The Labute approximate surface area is 78.3 Å². The molecule has 0 unspecified atom stereocenters. The molecule has 0 aliphatic rings. The van der Waals surface area contributed by atoms with Crippen LogP contribution in [0, 0.1) is 21.7 Å². The molecule has 1 aromatic rings. The van der Waals surface area contributed by atoms with Crippen LogP contribution in [0.1, 0.15) is 6.92 Å². The fraction of sp³-hybridized carbons (Fsp3) is 0.250. The van der Waals surface area contributed by atoms with E-state index < -0.39 is 22.2 Å². The summed E-state index contributed by atoms with van der Waals surface area (Å²) in [7, 11) is 0. The van der Waals surface area contributed by atoms with E-state index in [1.54, 1.807) is 6.92 Å². The lowest BCUT2D eigenvalue weighted by atomic mass is 10.3. The highest BCUT2D eigenvalue weighted by atomic mass is 19.1. The second-order valence-corrected chi connectivity index (χ2v) is 2.43. The molecule has 0 fully saturated rings. The number of nitro benzene ring substituents is 1. The number of ether oxygens (including phenoxy) is 1. The molecule has 0 radical (unpaired) electrons. The van der Waals surface area contributed by atoms with E-state index in [1.807, 2.05) is 0 Å². The van der Waals surface area contributed by atoms with Gasteiger partial charge in [-0.3, -0.25) is 10.1 Å². The van der Waals surface area contributed by atoms with Crippen LogP contribution < -0.4 is 4.74 Å². The first kappa shape index (κ1) is 10.4. The summed E-state index contributed by atoms with van der Waals surface area (Å²) < 4.78 is 30.6. The van der Waals surface area contributed by atoms with Crippen molar-refractivity contribution in [3.63, 3.8) is 0 Å². The molecule has 0 spiro atoms. The van der Waals surface area contributed by atoms with Gasteiger partial charge in [-0.15, -0.1) is 0 Å². The maximum Gasteiger partial charge on any atom is 0.340 e. The standard InChI is InChI=1S/C8H7F2NO3/c1-2-14-5-3-6(9)8(11(12)13)7(10)4-5/h3-4H,2H2,1H3. The number of benzene rings is 1. The van der Waals surface area contributed by atoms with Gasteiger partial charge in [0.05, 0.1) is 11.5 Å². The first-order chi connectivity index (χ1) is 6.56. The Balaban J connectivity index is 3.18. The minimum atomic E-state index is -1.24. The summed E-state index contributed by atoms with van der Waals surface area (Å²) in [6, 6.07) is 1.56.